The number of hydrogen-bond acceptors (Lipinski definition) is 5. The molecule has 29 heavy (non-hydrogen) atoms. The van der Waals surface area contributed by atoms with E-state index in [1.807, 2.05) is 0 Å². The van der Waals surface area contributed by atoms with Gasteiger partial charge in [-0.25, -0.2) is 4.79 Å². The molecule has 2 aromatic rings. The molecular weight excluding hydrogens is 415 g/mol. The maximum atomic E-state index is 12.6. The molecule has 0 aromatic heterocycles. The molecule has 0 aliphatic rings. The minimum absolute atomic E-state index is 0.239. The van der Waals surface area contributed by atoms with Crippen LogP contribution in [0.4, 0.5) is 13.2 Å². The molecule has 0 aliphatic carbocycles. The summed E-state index contributed by atoms with van der Waals surface area (Å²) in [5.41, 5.74) is -0.767. The highest BCUT2D eigenvalue weighted by molar-refractivity contribution is 6.27. The van der Waals surface area contributed by atoms with Crippen LogP contribution in [0.2, 0.25) is 0 Å². The first-order valence-corrected chi connectivity index (χ1v) is 8.83. The van der Waals surface area contributed by atoms with Gasteiger partial charge in [0.05, 0.1) is 5.56 Å². The molecule has 0 heterocycles. The van der Waals surface area contributed by atoms with E-state index >= 15 is 0 Å². The normalized spacial score (nSPS) is 12.0. The quantitative estimate of drug-likeness (QED) is 0.386. The van der Waals surface area contributed by atoms with Gasteiger partial charge in [-0.1, -0.05) is 0 Å². The Balaban J connectivity index is 1.86. The van der Waals surface area contributed by atoms with Crippen LogP contribution >= 0.6 is 11.6 Å². The number of esters is 1. The summed E-state index contributed by atoms with van der Waals surface area (Å²) < 4.78 is 53.4. The fourth-order valence-electron chi connectivity index (χ4n) is 2.04. The standard InChI is InChI=1S/C19H17ClF3NO5/c1-12(18(26)27-11-24-17(25)10-20)28-14-6-8-16(9-7-14)29-15-4-2-13(3-5-15)19(21,22)23/h2-9,12H,10-11H2,1H3,(H,24,25)/t12-/m1/s1. The minimum atomic E-state index is -4.41. The molecule has 10 heteroatoms. The lowest BCUT2D eigenvalue weighted by Gasteiger charge is -2.14. The second-order valence-electron chi connectivity index (χ2n) is 5.70. The number of nitrogens with one attached hydrogen (secondary N) is 1. The van der Waals surface area contributed by atoms with Crippen LogP contribution < -0.4 is 14.8 Å². The fourth-order valence-corrected chi connectivity index (χ4v) is 2.13. The zero-order chi connectivity index (χ0) is 21.4. The Labute approximate surface area is 169 Å². The first-order valence-electron chi connectivity index (χ1n) is 8.30. The van der Waals surface area contributed by atoms with E-state index < -0.39 is 29.7 Å². The third-order valence-electron chi connectivity index (χ3n) is 3.49. The molecule has 1 amide bonds. The van der Waals surface area contributed by atoms with E-state index in [1.54, 1.807) is 0 Å². The second-order valence-corrected chi connectivity index (χ2v) is 5.96. The average molecular weight is 432 g/mol. The summed E-state index contributed by atoms with van der Waals surface area (Å²) in [6.07, 6.45) is -5.35. The maximum Gasteiger partial charge on any atom is 0.416 e. The maximum absolute atomic E-state index is 12.6. The van der Waals surface area contributed by atoms with Crippen LogP contribution in [-0.4, -0.2) is 30.6 Å². The van der Waals surface area contributed by atoms with Crippen LogP contribution in [0.5, 0.6) is 17.2 Å². The lowest BCUT2D eigenvalue weighted by molar-refractivity contribution is -0.152. The summed E-state index contributed by atoms with van der Waals surface area (Å²) in [7, 11) is 0. The molecule has 0 fully saturated rings. The summed E-state index contributed by atoms with van der Waals surface area (Å²) in [5, 5.41) is 2.28. The van der Waals surface area contributed by atoms with Crippen LogP contribution in [0.1, 0.15) is 12.5 Å². The minimum Gasteiger partial charge on any atom is -0.479 e. The van der Waals surface area contributed by atoms with E-state index in [2.05, 4.69) is 5.32 Å². The van der Waals surface area contributed by atoms with Gasteiger partial charge in [0.2, 0.25) is 5.91 Å². The van der Waals surface area contributed by atoms with Gasteiger partial charge < -0.3 is 19.5 Å². The number of amides is 1. The van der Waals surface area contributed by atoms with Crippen LogP contribution in [0.3, 0.4) is 0 Å². The van der Waals surface area contributed by atoms with Crippen molar-refractivity contribution in [2.75, 3.05) is 12.6 Å². The molecule has 0 saturated heterocycles. The van der Waals surface area contributed by atoms with E-state index in [9.17, 15) is 22.8 Å². The molecule has 0 radical (unpaired) electrons. The largest absolute Gasteiger partial charge is 0.479 e. The van der Waals surface area contributed by atoms with Crippen molar-refractivity contribution < 1.29 is 37.0 Å². The van der Waals surface area contributed by atoms with Crippen molar-refractivity contribution in [3.05, 3.63) is 54.1 Å². The van der Waals surface area contributed by atoms with Crippen LogP contribution in [0.15, 0.2) is 48.5 Å². The van der Waals surface area contributed by atoms with Gasteiger partial charge in [0.15, 0.2) is 12.8 Å². The Morgan fingerprint density at radius 2 is 1.52 bits per heavy atom. The molecule has 1 atom stereocenters. The number of halogens is 4. The molecule has 1 N–H and O–H groups in total. The number of alkyl halides is 4. The summed E-state index contributed by atoms with van der Waals surface area (Å²) >= 11 is 5.29. The molecule has 0 unspecified atom stereocenters. The van der Waals surface area contributed by atoms with Gasteiger partial charge in [-0.15, -0.1) is 11.6 Å². The zero-order valence-electron chi connectivity index (χ0n) is 15.2. The first-order chi connectivity index (χ1) is 13.7. The van der Waals surface area contributed by atoms with Crippen molar-refractivity contribution >= 4 is 23.5 Å². The number of benzene rings is 2. The van der Waals surface area contributed by atoms with Gasteiger partial charge >= 0.3 is 12.1 Å². The molecule has 2 aromatic carbocycles. The van der Waals surface area contributed by atoms with Gasteiger partial charge in [-0.05, 0) is 55.5 Å². The van der Waals surface area contributed by atoms with Gasteiger partial charge in [-0.3, -0.25) is 4.79 Å². The first kappa shape index (κ1) is 22.4. The fraction of sp³-hybridized carbons (Fsp3) is 0.263. The Morgan fingerprint density at radius 3 is 2.03 bits per heavy atom. The van der Waals surface area contributed by atoms with Gasteiger partial charge in [0, 0.05) is 0 Å². The van der Waals surface area contributed by atoms with Crippen LogP contribution in [0, 0.1) is 0 Å². The third kappa shape index (κ3) is 7.19. The van der Waals surface area contributed by atoms with E-state index in [-0.39, 0.29) is 18.4 Å². The predicted octanol–water partition coefficient (Wildman–Crippen LogP) is 4.12. The Bertz CT molecular complexity index is 825. The van der Waals surface area contributed by atoms with Crippen molar-refractivity contribution in [3.8, 4) is 17.2 Å². The van der Waals surface area contributed by atoms with E-state index in [0.29, 0.717) is 11.5 Å². The third-order valence-corrected chi connectivity index (χ3v) is 3.73. The average Bonchev–Trinajstić information content (AvgIpc) is 2.69. The molecule has 0 aliphatic heterocycles. The Morgan fingerprint density at radius 1 is 1.00 bits per heavy atom. The Kier molecular flexibility index (Phi) is 7.72. The number of rotatable bonds is 8. The zero-order valence-corrected chi connectivity index (χ0v) is 15.9. The SMILES string of the molecule is C[C@@H](Oc1ccc(Oc2ccc(C(F)(F)F)cc2)cc1)C(=O)OCNC(=O)CCl. The molecule has 0 spiro atoms. The summed E-state index contributed by atoms with van der Waals surface area (Å²) in [5.74, 6) is -0.454. The van der Waals surface area contributed by atoms with E-state index in [1.165, 1.54) is 43.3 Å². The van der Waals surface area contributed by atoms with Crippen molar-refractivity contribution in [1.29, 1.82) is 0 Å². The highest BCUT2D eigenvalue weighted by atomic mass is 35.5. The Hall–Kier alpha value is -2.94. The number of hydrogen-bond donors (Lipinski definition) is 1. The monoisotopic (exact) mass is 431 g/mol. The summed E-state index contributed by atoms with van der Waals surface area (Å²) in [6.45, 7) is 1.15. The lowest BCUT2D eigenvalue weighted by atomic mass is 10.2. The van der Waals surface area contributed by atoms with Gasteiger partial charge in [-0.2, -0.15) is 13.2 Å². The van der Waals surface area contributed by atoms with Crippen molar-refractivity contribution in [2.45, 2.75) is 19.2 Å². The van der Waals surface area contributed by atoms with Crippen molar-refractivity contribution in [1.82, 2.24) is 5.32 Å². The molecule has 156 valence electrons. The number of carbonyl (C=O) groups excluding carboxylic acids is 2. The summed E-state index contributed by atoms with van der Waals surface area (Å²) in [6, 6.07) is 10.4. The molecule has 0 bridgehead atoms. The smallest absolute Gasteiger partial charge is 0.416 e. The van der Waals surface area contributed by atoms with E-state index in [0.717, 1.165) is 12.1 Å². The molecular formula is C19H17ClF3NO5. The van der Waals surface area contributed by atoms with Gasteiger partial charge in [0.1, 0.15) is 23.1 Å². The lowest BCUT2D eigenvalue weighted by Crippen LogP contribution is -2.33. The molecule has 6 nitrogen and oxygen atoms in total. The van der Waals surface area contributed by atoms with Crippen molar-refractivity contribution in [2.24, 2.45) is 0 Å². The van der Waals surface area contributed by atoms with Gasteiger partial charge in [0.25, 0.3) is 0 Å². The predicted molar refractivity (Wildman–Crippen MR) is 97.9 cm³/mol. The highest BCUT2D eigenvalue weighted by Gasteiger charge is 2.30. The van der Waals surface area contributed by atoms with E-state index in [4.69, 9.17) is 25.8 Å². The second kappa shape index (κ2) is 10.0. The van der Waals surface area contributed by atoms with Crippen molar-refractivity contribution in [3.63, 3.8) is 0 Å². The molecule has 2 rings (SSSR count). The highest BCUT2D eigenvalue weighted by Crippen LogP contribution is 2.31. The number of ether oxygens (including phenoxy) is 3. The molecule has 0 saturated carbocycles. The summed E-state index contributed by atoms with van der Waals surface area (Å²) in [4.78, 5) is 22.7. The number of carbonyl (C=O) groups is 2. The topological polar surface area (TPSA) is 73.9 Å². The van der Waals surface area contributed by atoms with Crippen LogP contribution in [-0.2, 0) is 20.5 Å². The van der Waals surface area contributed by atoms with Crippen LogP contribution in [0.25, 0.3) is 0 Å².